The molecule has 0 unspecified atom stereocenters. The van der Waals surface area contributed by atoms with Gasteiger partial charge in [0.25, 0.3) is 0 Å². The predicted molar refractivity (Wildman–Crippen MR) is 107 cm³/mol. The van der Waals surface area contributed by atoms with E-state index in [1.807, 2.05) is 67.6 Å². The van der Waals surface area contributed by atoms with Crippen LogP contribution in [0.25, 0.3) is 0 Å². The molecule has 0 spiro atoms. The van der Waals surface area contributed by atoms with E-state index in [0.717, 1.165) is 36.8 Å². The molecule has 1 fully saturated rings. The van der Waals surface area contributed by atoms with E-state index in [1.165, 1.54) is 0 Å². The molecule has 0 heterocycles. The third-order valence-corrected chi connectivity index (χ3v) is 5.34. The Bertz CT molecular complexity index is 737. The van der Waals surface area contributed by atoms with E-state index in [4.69, 9.17) is 0 Å². The van der Waals surface area contributed by atoms with Crippen molar-refractivity contribution in [2.75, 3.05) is 0 Å². The van der Waals surface area contributed by atoms with Gasteiger partial charge in [-0.15, -0.1) is 0 Å². The van der Waals surface area contributed by atoms with Crippen LogP contribution < -0.4 is 10.6 Å². The van der Waals surface area contributed by atoms with Gasteiger partial charge in [0, 0.05) is 12.1 Å². The smallest absolute Gasteiger partial charge is 0.227 e. The average molecular weight is 364 g/mol. The topological polar surface area (TPSA) is 58.2 Å². The number of amides is 2. The molecule has 4 heteroatoms. The highest BCUT2D eigenvalue weighted by Crippen LogP contribution is 2.21. The molecule has 1 atom stereocenters. The molecule has 0 bridgehead atoms. The molecule has 3 rings (SSSR count). The molecule has 2 N–H and O–H groups in total. The fraction of sp³-hybridized carbons (Fsp3) is 0.391. The third kappa shape index (κ3) is 5.68. The molecular formula is C23H28N2O2. The molecule has 2 aromatic rings. The summed E-state index contributed by atoms with van der Waals surface area (Å²) in [6.45, 7) is 1.94. The van der Waals surface area contributed by atoms with Crippen LogP contribution in [0.1, 0.15) is 49.7 Å². The summed E-state index contributed by atoms with van der Waals surface area (Å²) in [4.78, 5) is 24.7. The molecule has 1 aliphatic rings. The lowest BCUT2D eigenvalue weighted by Crippen LogP contribution is -2.45. The van der Waals surface area contributed by atoms with Gasteiger partial charge >= 0.3 is 0 Å². The van der Waals surface area contributed by atoms with Crippen LogP contribution in [0, 0.1) is 0 Å². The first-order valence-electron chi connectivity index (χ1n) is 9.80. The monoisotopic (exact) mass is 364 g/mol. The van der Waals surface area contributed by atoms with Gasteiger partial charge in [-0.3, -0.25) is 9.59 Å². The standard InChI is InChI=1S/C23H28N2O2/c1-17(19-10-6-3-7-11-19)23(27)25-21-14-12-20(13-15-21)24-22(26)16-18-8-4-2-5-9-18/h2-11,17,20-21H,12-16H2,1H3,(H,24,26)(H,25,27)/t17-,20?,21?/m0/s1. The predicted octanol–water partition coefficient (Wildman–Crippen LogP) is 3.58. The van der Waals surface area contributed by atoms with Gasteiger partial charge < -0.3 is 10.6 Å². The molecule has 1 aliphatic carbocycles. The minimum Gasteiger partial charge on any atom is -0.353 e. The molecular weight excluding hydrogens is 336 g/mol. The molecule has 0 radical (unpaired) electrons. The number of hydrogen-bond acceptors (Lipinski definition) is 2. The Kier molecular flexibility index (Phi) is 6.64. The summed E-state index contributed by atoms with van der Waals surface area (Å²) in [5.41, 5.74) is 2.07. The van der Waals surface area contributed by atoms with Gasteiger partial charge in [-0.2, -0.15) is 0 Å². The zero-order valence-electron chi connectivity index (χ0n) is 15.9. The summed E-state index contributed by atoms with van der Waals surface area (Å²) < 4.78 is 0. The van der Waals surface area contributed by atoms with Crippen molar-refractivity contribution in [2.45, 2.75) is 57.0 Å². The lowest BCUT2D eigenvalue weighted by molar-refractivity contribution is -0.124. The zero-order valence-corrected chi connectivity index (χ0v) is 15.9. The molecule has 0 aromatic heterocycles. The van der Waals surface area contributed by atoms with Gasteiger partial charge in [0.1, 0.15) is 0 Å². The number of carbonyl (C=O) groups excluding carboxylic acids is 2. The second kappa shape index (κ2) is 9.36. The maximum absolute atomic E-state index is 12.5. The highest BCUT2D eigenvalue weighted by Gasteiger charge is 2.25. The number of nitrogens with one attached hydrogen (secondary N) is 2. The summed E-state index contributed by atoms with van der Waals surface area (Å²) in [7, 11) is 0. The minimum absolute atomic E-state index is 0.0754. The van der Waals surface area contributed by atoms with Crippen molar-refractivity contribution in [3.8, 4) is 0 Å². The average Bonchev–Trinajstić information content (AvgIpc) is 2.70. The summed E-state index contributed by atoms with van der Waals surface area (Å²) >= 11 is 0. The van der Waals surface area contributed by atoms with Crippen LogP contribution in [-0.2, 0) is 16.0 Å². The van der Waals surface area contributed by atoms with Crippen LogP contribution in [0.4, 0.5) is 0 Å². The summed E-state index contributed by atoms with van der Waals surface area (Å²) in [6, 6.07) is 20.1. The maximum atomic E-state index is 12.5. The van der Waals surface area contributed by atoms with Crippen molar-refractivity contribution in [3.05, 3.63) is 71.8 Å². The quantitative estimate of drug-likeness (QED) is 0.823. The van der Waals surface area contributed by atoms with Gasteiger partial charge in [0.05, 0.1) is 12.3 Å². The van der Waals surface area contributed by atoms with Gasteiger partial charge in [0.15, 0.2) is 0 Å². The van der Waals surface area contributed by atoms with E-state index >= 15 is 0 Å². The first kappa shape index (κ1) is 19.2. The van der Waals surface area contributed by atoms with E-state index in [2.05, 4.69) is 10.6 Å². The Morgan fingerprint density at radius 1 is 0.852 bits per heavy atom. The zero-order chi connectivity index (χ0) is 19.1. The lowest BCUT2D eigenvalue weighted by Gasteiger charge is -2.30. The van der Waals surface area contributed by atoms with E-state index in [9.17, 15) is 9.59 Å². The van der Waals surface area contributed by atoms with Gasteiger partial charge in [-0.1, -0.05) is 60.7 Å². The second-order valence-corrected chi connectivity index (χ2v) is 7.42. The maximum Gasteiger partial charge on any atom is 0.227 e. The molecule has 2 amide bonds. The van der Waals surface area contributed by atoms with Crippen LogP contribution >= 0.6 is 0 Å². The van der Waals surface area contributed by atoms with Crippen molar-refractivity contribution >= 4 is 11.8 Å². The van der Waals surface area contributed by atoms with Crippen LogP contribution in [0.2, 0.25) is 0 Å². The molecule has 1 saturated carbocycles. The Balaban J connectivity index is 1.41. The second-order valence-electron chi connectivity index (χ2n) is 7.42. The highest BCUT2D eigenvalue weighted by atomic mass is 16.2. The lowest BCUT2D eigenvalue weighted by atomic mass is 9.90. The number of hydrogen-bond donors (Lipinski definition) is 2. The Hall–Kier alpha value is -2.62. The van der Waals surface area contributed by atoms with Crippen LogP contribution in [-0.4, -0.2) is 23.9 Å². The Morgan fingerprint density at radius 2 is 1.37 bits per heavy atom. The Morgan fingerprint density at radius 3 is 1.96 bits per heavy atom. The SMILES string of the molecule is C[C@H](C(=O)NC1CCC(NC(=O)Cc2ccccc2)CC1)c1ccccc1. The number of benzene rings is 2. The number of carbonyl (C=O) groups is 2. The van der Waals surface area contributed by atoms with E-state index in [0.29, 0.717) is 6.42 Å². The third-order valence-electron chi connectivity index (χ3n) is 5.34. The normalized spacial score (nSPS) is 20.5. The fourth-order valence-electron chi connectivity index (χ4n) is 3.66. The van der Waals surface area contributed by atoms with Crippen LogP contribution in [0.15, 0.2) is 60.7 Å². The van der Waals surface area contributed by atoms with Crippen molar-refractivity contribution in [2.24, 2.45) is 0 Å². The summed E-state index contributed by atoms with van der Waals surface area (Å²) in [6.07, 6.45) is 4.05. The Labute approximate surface area is 161 Å². The molecule has 27 heavy (non-hydrogen) atoms. The van der Waals surface area contributed by atoms with Crippen molar-refractivity contribution in [1.82, 2.24) is 10.6 Å². The summed E-state index contributed by atoms with van der Waals surface area (Å²) in [5.74, 6) is 0.0126. The minimum atomic E-state index is -0.144. The van der Waals surface area contributed by atoms with E-state index in [-0.39, 0.29) is 29.8 Å². The molecule has 2 aromatic carbocycles. The van der Waals surface area contributed by atoms with Crippen molar-refractivity contribution < 1.29 is 9.59 Å². The molecule has 142 valence electrons. The van der Waals surface area contributed by atoms with Gasteiger partial charge in [0.2, 0.25) is 11.8 Å². The first-order valence-corrected chi connectivity index (χ1v) is 9.80. The van der Waals surface area contributed by atoms with E-state index in [1.54, 1.807) is 0 Å². The molecule has 4 nitrogen and oxygen atoms in total. The fourth-order valence-corrected chi connectivity index (χ4v) is 3.66. The molecule has 0 saturated heterocycles. The van der Waals surface area contributed by atoms with E-state index < -0.39 is 0 Å². The summed E-state index contributed by atoms with van der Waals surface area (Å²) in [5, 5.41) is 6.32. The van der Waals surface area contributed by atoms with Crippen LogP contribution in [0.3, 0.4) is 0 Å². The van der Waals surface area contributed by atoms with Gasteiger partial charge in [-0.05, 0) is 43.7 Å². The van der Waals surface area contributed by atoms with Crippen molar-refractivity contribution in [1.29, 1.82) is 0 Å². The molecule has 0 aliphatic heterocycles. The van der Waals surface area contributed by atoms with Gasteiger partial charge in [-0.25, -0.2) is 0 Å². The van der Waals surface area contributed by atoms with Crippen molar-refractivity contribution in [3.63, 3.8) is 0 Å². The highest BCUT2D eigenvalue weighted by molar-refractivity contribution is 5.83. The largest absolute Gasteiger partial charge is 0.353 e. The number of rotatable bonds is 6. The van der Waals surface area contributed by atoms with Crippen LogP contribution in [0.5, 0.6) is 0 Å². The first-order chi connectivity index (χ1) is 13.1.